The van der Waals surface area contributed by atoms with Gasteiger partial charge in [-0.1, -0.05) is 12.1 Å². The topological polar surface area (TPSA) is 59.1 Å². The molecule has 6 nitrogen and oxygen atoms in total. The predicted molar refractivity (Wildman–Crippen MR) is 98.2 cm³/mol. The highest BCUT2D eigenvalue weighted by atomic mass is 16.6. The van der Waals surface area contributed by atoms with Crippen LogP contribution in [-0.2, 0) is 16.0 Å². The van der Waals surface area contributed by atoms with Crippen LogP contribution in [0.15, 0.2) is 24.3 Å². The van der Waals surface area contributed by atoms with Gasteiger partial charge in [0.15, 0.2) is 0 Å². The average molecular weight is 360 g/mol. The number of carbonyl (C=O) groups is 2. The van der Waals surface area contributed by atoms with Crippen molar-refractivity contribution < 1.29 is 19.1 Å². The standard InChI is InChI=1S/C20H28N2O4/c1-3-21-15-20(26-19(21)24)11-13-22(14-12-20)18(23)6-4-5-16-7-9-17(25-2)10-8-16/h7-10H,3-6,11-15H2,1-2H3. The lowest BCUT2D eigenvalue weighted by Crippen LogP contribution is -2.48. The van der Waals surface area contributed by atoms with E-state index < -0.39 is 0 Å². The van der Waals surface area contributed by atoms with Gasteiger partial charge in [-0.3, -0.25) is 4.79 Å². The third-order valence-corrected chi connectivity index (χ3v) is 5.47. The van der Waals surface area contributed by atoms with E-state index in [1.165, 1.54) is 5.56 Å². The number of aryl methyl sites for hydroxylation is 1. The lowest BCUT2D eigenvalue weighted by Gasteiger charge is -2.37. The second kappa shape index (κ2) is 7.98. The summed E-state index contributed by atoms with van der Waals surface area (Å²) in [7, 11) is 1.66. The van der Waals surface area contributed by atoms with E-state index in [4.69, 9.17) is 9.47 Å². The van der Waals surface area contributed by atoms with Crippen molar-refractivity contribution in [3.05, 3.63) is 29.8 Å². The van der Waals surface area contributed by atoms with Gasteiger partial charge in [0.05, 0.1) is 13.7 Å². The molecule has 0 N–H and O–H groups in total. The second-order valence-electron chi connectivity index (χ2n) is 7.15. The van der Waals surface area contributed by atoms with Crippen molar-refractivity contribution in [1.29, 1.82) is 0 Å². The van der Waals surface area contributed by atoms with E-state index >= 15 is 0 Å². The van der Waals surface area contributed by atoms with Crippen molar-refractivity contribution in [1.82, 2.24) is 9.80 Å². The number of amides is 2. The zero-order chi connectivity index (χ0) is 18.6. The van der Waals surface area contributed by atoms with Gasteiger partial charge in [-0.05, 0) is 37.5 Å². The first kappa shape index (κ1) is 18.5. The van der Waals surface area contributed by atoms with Crippen molar-refractivity contribution in [2.75, 3.05) is 33.3 Å². The van der Waals surface area contributed by atoms with Gasteiger partial charge in [0.2, 0.25) is 5.91 Å². The maximum absolute atomic E-state index is 12.5. The molecule has 0 aliphatic carbocycles. The van der Waals surface area contributed by atoms with Crippen LogP contribution in [0.1, 0.15) is 38.2 Å². The summed E-state index contributed by atoms with van der Waals surface area (Å²) in [5, 5.41) is 0. The molecule has 2 saturated heterocycles. The van der Waals surface area contributed by atoms with Gasteiger partial charge in [-0.15, -0.1) is 0 Å². The van der Waals surface area contributed by atoms with Gasteiger partial charge < -0.3 is 19.3 Å². The normalized spacial score (nSPS) is 18.9. The molecular formula is C20H28N2O4. The smallest absolute Gasteiger partial charge is 0.410 e. The number of ether oxygens (including phenoxy) is 2. The van der Waals surface area contributed by atoms with Gasteiger partial charge in [0.1, 0.15) is 11.4 Å². The summed E-state index contributed by atoms with van der Waals surface area (Å²) in [4.78, 5) is 28.0. The van der Waals surface area contributed by atoms with Crippen molar-refractivity contribution in [3.63, 3.8) is 0 Å². The van der Waals surface area contributed by atoms with Crippen LogP contribution in [0.2, 0.25) is 0 Å². The van der Waals surface area contributed by atoms with Crippen LogP contribution in [-0.4, -0.2) is 60.7 Å². The minimum absolute atomic E-state index is 0.199. The van der Waals surface area contributed by atoms with E-state index in [0.717, 1.165) is 31.4 Å². The van der Waals surface area contributed by atoms with Crippen molar-refractivity contribution >= 4 is 12.0 Å². The predicted octanol–water partition coefficient (Wildman–Crippen LogP) is 2.85. The molecule has 0 radical (unpaired) electrons. The summed E-state index contributed by atoms with van der Waals surface area (Å²) in [6, 6.07) is 7.98. The van der Waals surface area contributed by atoms with Crippen LogP contribution >= 0.6 is 0 Å². The molecule has 0 saturated carbocycles. The molecular weight excluding hydrogens is 332 g/mol. The Balaban J connectivity index is 1.41. The SMILES string of the molecule is CCN1CC2(CCN(C(=O)CCCc3ccc(OC)cc3)CC2)OC1=O. The second-order valence-corrected chi connectivity index (χ2v) is 7.15. The molecule has 3 rings (SSSR count). The third-order valence-electron chi connectivity index (χ3n) is 5.47. The summed E-state index contributed by atoms with van der Waals surface area (Å²) in [6.07, 6.45) is 3.53. The van der Waals surface area contributed by atoms with E-state index in [9.17, 15) is 9.59 Å². The summed E-state index contributed by atoms with van der Waals surface area (Å²) in [6.45, 7) is 4.64. The van der Waals surface area contributed by atoms with Crippen LogP contribution in [0, 0.1) is 0 Å². The van der Waals surface area contributed by atoms with E-state index in [-0.39, 0.29) is 17.6 Å². The van der Waals surface area contributed by atoms with Gasteiger partial charge in [0.25, 0.3) is 0 Å². The molecule has 26 heavy (non-hydrogen) atoms. The minimum atomic E-state index is -0.382. The van der Waals surface area contributed by atoms with Crippen LogP contribution < -0.4 is 4.74 Å². The summed E-state index contributed by atoms with van der Waals surface area (Å²) in [5.74, 6) is 1.05. The fourth-order valence-corrected chi connectivity index (χ4v) is 3.75. The van der Waals surface area contributed by atoms with Gasteiger partial charge in [0, 0.05) is 38.9 Å². The van der Waals surface area contributed by atoms with Crippen molar-refractivity contribution in [2.24, 2.45) is 0 Å². The molecule has 0 atom stereocenters. The molecule has 2 heterocycles. The van der Waals surface area contributed by atoms with Crippen molar-refractivity contribution in [3.8, 4) is 5.75 Å². The number of rotatable bonds is 6. The number of likely N-dealkylation sites (tertiary alicyclic amines) is 1. The number of piperidine rings is 1. The highest BCUT2D eigenvalue weighted by Gasteiger charge is 2.46. The molecule has 142 valence electrons. The van der Waals surface area contributed by atoms with E-state index in [1.807, 2.05) is 36.1 Å². The Morgan fingerprint density at radius 1 is 1.23 bits per heavy atom. The Labute approximate surface area is 155 Å². The van der Waals surface area contributed by atoms with E-state index in [0.29, 0.717) is 32.6 Å². The molecule has 6 heteroatoms. The Hall–Kier alpha value is -2.24. The monoisotopic (exact) mass is 360 g/mol. The highest BCUT2D eigenvalue weighted by Crippen LogP contribution is 2.33. The first-order chi connectivity index (χ1) is 12.5. The molecule has 1 aromatic rings. The van der Waals surface area contributed by atoms with Gasteiger partial charge in [-0.2, -0.15) is 0 Å². The van der Waals surface area contributed by atoms with Crippen LogP contribution in [0.3, 0.4) is 0 Å². The molecule has 0 bridgehead atoms. The van der Waals surface area contributed by atoms with Gasteiger partial charge in [-0.25, -0.2) is 4.79 Å². The summed E-state index contributed by atoms with van der Waals surface area (Å²) < 4.78 is 10.8. The quantitative estimate of drug-likeness (QED) is 0.783. The zero-order valence-electron chi connectivity index (χ0n) is 15.7. The number of hydrogen-bond donors (Lipinski definition) is 0. The fourth-order valence-electron chi connectivity index (χ4n) is 3.75. The molecule has 0 aromatic heterocycles. The fraction of sp³-hybridized carbons (Fsp3) is 0.600. The zero-order valence-corrected chi connectivity index (χ0v) is 15.7. The Bertz CT molecular complexity index is 636. The summed E-state index contributed by atoms with van der Waals surface area (Å²) >= 11 is 0. The number of nitrogens with zero attached hydrogens (tertiary/aromatic N) is 2. The molecule has 0 unspecified atom stereocenters. The maximum Gasteiger partial charge on any atom is 0.410 e. The third kappa shape index (κ3) is 4.11. The Morgan fingerprint density at radius 3 is 2.50 bits per heavy atom. The maximum atomic E-state index is 12.5. The van der Waals surface area contributed by atoms with Crippen LogP contribution in [0.4, 0.5) is 4.79 Å². The lowest BCUT2D eigenvalue weighted by atomic mass is 9.91. The number of benzene rings is 1. The highest BCUT2D eigenvalue weighted by molar-refractivity contribution is 5.76. The number of carbonyl (C=O) groups excluding carboxylic acids is 2. The van der Waals surface area contributed by atoms with Crippen LogP contribution in [0.5, 0.6) is 5.75 Å². The largest absolute Gasteiger partial charge is 0.497 e. The molecule has 1 spiro atoms. The molecule has 2 aliphatic rings. The number of methoxy groups -OCH3 is 1. The Morgan fingerprint density at radius 2 is 1.92 bits per heavy atom. The molecule has 2 amide bonds. The first-order valence-corrected chi connectivity index (χ1v) is 9.44. The Kier molecular flexibility index (Phi) is 5.69. The van der Waals surface area contributed by atoms with E-state index in [2.05, 4.69) is 0 Å². The lowest BCUT2D eigenvalue weighted by molar-refractivity contribution is -0.134. The first-order valence-electron chi connectivity index (χ1n) is 9.44. The average Bonchev–Trinajstić information content (AvgIpc) is 2.97. The molecule has 1 aromatic carbocycles. The molecule has 2 aliphatic heterocycles. The molecule has 2 fully saturated rings. The number of likely N-dealkylation sites (N-methyl/N-ethyl adjacent to an activating group) is 1. The minimum Gasteiger partial charge on any atom is -0.497 e. The van der Waals surface area contributed by atoms with Gasteiger partial charge >= 0.3 is 6.09 Å². The number of hydrogen-bond acceptors (Lipinski definition) is 4. The van der Waals surface area contributed by atoms with Crippen molar-refractivity contribution in [2.45, 2.75) is 44.6 Å². The van der Waals surface area contributed by atoms with Crippen LogP contribution in [0.25, 0.3) is 0 Å². The van der Waals surface area contributed by atoms with E-state index in [1.54, 1.807) is 12.0 Å². The summed E-state index contributed by atoms with van der Waals surface area (Å²) in [5.41, 5.74) is 0.834.